The van der Waals surface area contributed by atoms with E-state index < -0.39 is 58.5 Å². The van der Waals surface area contributed by atoms with Crippen molar-refractivity contribution in [2.24, 2.45) is 0 Å². The lowest BCUT2D eigenvalue weighted by atomic mass is 9.98. The number of alkyl carbamates (subject to hydrolysis) is 1. The minimum absolute atomic E-state index is 0.113. The molecule has 0 aromatic heterocycles. The Kier molecular flexibility index (Phi) is 8.81. The van der Waals surface area contributed by atoms with Gasteiger partial charge in [-0.15, -0.1) is 0 Å². The van der Waals surface area contributed by atoms with Gasteiger partial charge in [0.25, 0.3) is 0 Å². The van der Waals surface area contributed by atoms with E-state index in [0.29, 0.717) is 11.3 Å². The molecule has 0 bridgehead atoms. The molecule has 0 heterocycles. The number of amides is 1. The molecule has 6 nitrogen and oxygen atoms in total. The van der Waals surface area contributed by atoms with E-state index in [1.165, 1.54) is 0 Å². The molecule has 4 aromatic carbocycles. The summed E-state index contributed by atoms with van der Waals surface area (Å²) >= 11 is 0. The SMILES string of the molecule is CC(C)(C)Oc1ccc(C[C@H](NC(=O)OCC2c3ccccc3-c3ccccc32)C(=O)Oc2c(F)c(F)c(F)c(F)c2F)cc1. The van der Waals surface area contributed by atoms with Crippen LogP contribution in [0.3, 0.4) is 0 Å². The second kappa shape index (κ2) is 12.6. The summed E-state index contributed by atoms with van der Waals surface area (Å²) in [5, 5.41) is 2.32. The van der Waals surface area contributed by atoms with Gasteiger partial charge in [0.15, 0.2) is 0 Å². The summed E-state index contributed by atoms with van der Waals surface area (Å²) in [5.74, 6) is -14.7. The molecule has 11 heteroatoms. The van der Waals surface area contributed by atoms with Crippen molar-refractivity contribution in [2.75, 3.05) is 6.61 Å². The third-order valence-electron chi connectivity index (χ3n) is 7.08. The summed E-state index contributed by atoms with van der Waals surface area (Å²) in [6.07, 6.45) is -1.35. The highest BCUT2D eigenvalue weighted by molar-refractivity contribution is 5.84. The van der Waals surface area contributed by atoms with Crippen LogP contribution in [0.1, 0.15) is 43.4 Å². The molecule has 1 N–H and O–H groups in total. The number of nitrogens with one attached hydrogen (secondary N) is 1. The predicted molar refractivity (Wildman–Crippen MR) is 154 cm³/mol. The van der Waals surface area contributed by atoms with Gasteiger partial charge in [-0.05, 0) is 60.7 Å². The van der Waals surface area contributed by atoms with E-state index in [2.05, 4.69) is 10.1 Å². The van der Waals surface area contributed by atoms with Gasteiger partial charge in [0.2, 0.25) is 34.8 Å². The highest BCUT2D eigenvalue weighted by atomic mass is 19.2. The van der Waals surface area contributed by atoms with E-state index in [4.69, 9.17) is 9.47 Å². The van der Waals surface area contributed by atoms with Crippen molar-refractivity contribution in [1.82, 2.24) is 5.32 Å². The predicted octanol–water partition coefficient (Wildman–Crippen LogP) is 7.61. The number of hydrogen-bond acceptors (Lipinski definition) is 5. The van der Waals surface area contributed by atoms with Crippen molar-refractivity contribution in [3.8, 4) is 22.6 Å². The van der Waals surface area contributed by atoms with Crippen LogP contribution in [0.15, 0.2) is 72.8 Å². The van der Waals surface area contributed by atoms with Crippen LogP contribution in [0, 0.1) is 29.1 Å². The number of carbonyl (C=O) groups is 2. The van der Waals surface area contributed by atoms with Gasteiger partial charge >= 0.3 is 12.1 Å². The standard InChI is InChI=1S/C34H28F5NO5/c1-34(2,3)45-19-14-12-18(13-15-19)16-25(32(41)44-31-29(38)27(36)26(35)28(37)30(31)39)40-33(42)43-17-24-22-10-6-4-8-20(22)21-9-5-7-11-23(21)24/h4-15,24-25H,16-17H2,1-3H3,(H,40,42)/t25-/m0/s1. The van der Waals surface area contributed by atoms with Crippen LogP contribution >= 0.6 is 0 Å². The fraction of sp³-hybridized carbons (Fsp3) is 0.235. The summed E-state index contributed by atoms with van der Waals surface area (Å²) in [6, 6.07) is 20.0. The normalized spacial score (nSPS) is 13.1. The molecule has 0 spiro atoms. The topological polar surface area (TPSA) is 73.9 Å². The molecule has 45 heavy (non-hydrogen) atoms. The second-order valence-electron chi connectivity index (χ2n) is 11.4. The van der Waals surface area contributed by atoms with Crippen LogP contribution in [-0.2, 0) is 16.0 Å². The molecule has 1 atom stereocenters. The molecule has 5 rings (SSSR count). The maximum absolute atomic E-state index is 14.3. The lowest BCUT2D eigenvalue weighted by molar-refractivity contribution is -0.137. The van der Waals surface area contributed by atoms with Crippen LogP contribution in [0.5, 0.6) is 11.5 Å². The summed E-state index contributed by atoms with van der Waals surface area (Å²) in [6.45, 7) is 5.44. The summed E-state index contributed by atoms with van der Waals surface area (Å²) in [5.41, 5.74) is 3.82. The van der Waals surface area contributed by atoms with Crippen molar-refractivity contribution in [3.05, 3.63) is 119 Å². The average molecular weight is 626 g/mol. The Labute approximate surface area is 255 Å². The molecule has 1 aliphatic rings. The first kappa shape index (κ1) is 31.5. The number of rotatable bonds is 8. The van der Waals surface area contributed by atoms with Crippen molar-refractivity contribution in [1.29, 1.82) is 0 Å². The van der Waals surface area contributed by atoms with Crippen molar-refractivity contribution in [2.45, 2.75) is 44.8 Å². The van der Waals surface area contributed by atoms with Gasteiger partial charge in [0.05, 0.1) is 0 Å². The van der Waals surface area contributed by atoms with Crippen molar-refractivity contribution in [3.63, 3.8) is 0 Å². The molecule has 234 valence electrons. The van der Waals surface area contributed by atoms with Gasteiger partial charge in [0, 0.05) is 12.3 Å². The van der Waals surface area contributed by atoms with E-state index in [-0.39, 0.29) is 18.9 Å². The summed E-state index contributed by atoms with van der Waals surface area (Å²) < 4.78 is 85.6. The van der Waals surface area contributed by atoms with Gasteiger partial charge in [-0.25, -0.2) is 22.8 Å². The quantitative estimate of drug-likeness (QED) is 0.0718. The van der Waals surface area contributed by atoms with Gasteiger partial charge in [-0.3, -0.25) is 0 Å². The zero-order chi connectivity index (χ0) is 32.5. The Morgan fingerprint density at radius 2 is 1.27 bits per heavy atom. The molecule has 0 saturated heterocycles. The van der Waals surface area contributed by atoms with Gasteiger partial charge < -0.3 is 19.5 Å². The number of carbonyl (C=O) groups excluding carboxylic acids is 2. The summed E-state index contributed by atoms with van der Waals surface area (Å²) in [4.78, 5) is 26.1. The number of fused-ring (bicyclic) bond motifs is 3. The molecule has 0 saturated carbocycles. The van der Waals surface area contributed by atoms with Gasteiger partial charge in [0.1, 0.15) is 24.0 Å². The van der Waals surface area contributed by atoms with E-state index in [1.54, 1.807) is 24.3 Å². The maximum Gasteiger partial charge on any atom is 0.407 e. The van der Waals surface area contributed by atoms with Crippen LogP contribution in [0.4, 0.5) is 26.7 Å². The first-order chi connectivity index (χ1) is 21.3. The minimum atomic E-state index is -2.41. The fourth-order valence-electron chi connectivity index (χ4n) is 5.10. The molecule has 4 aromatic rings. The first-order valence-electron chi connectivity index (χ1n) is 14.0. The van der Waals surface area contributed by atoms with E-state index in [1.807, 2.05) is 69.3 Å². The van der Waals surface area contributed by atoms with Crippen LogP contribution in [0.25, 0.3) is 11.1 Å². The Morgan fingerprint density at radius 1 is 0.756 bits per heavy atom. The van der Waals surface area contributed by atoms with E-state index in [9.17, 15) is 31.5 Å². The number of halogens is 5. The van der Waals surface area contributed by atoms with E-state index >= 15 is 0 Å². The first-order valence-corrected chi connectivity index (χ1v) is 14.0. The maximum atomic E-state index is 14.3. The summed E-state index contributed by atoms with van der Waals surface area (Å²) in [7, 11) is 0. The van der Waals surface area contributed by atoms with Crippen molar-refractivity contribution >= 4 is 12.1 Å². The van der Waals surface area contributed by atoms with Crippen LogP contribution in [-0.4, -0.2) is 30.3 Å². The largest absolute Gasteiger partial charge is 0.488 e. The fourth-order valence-corrected chi connectivity index (χ4v) is 5.10. The van der Waals surface area contributed by atoms with Crippen LogP contribution < -0.4 is 14.8 Å². The Bertz CT molecular complexity index is 1680. The Morgan fingerprint density at radius 3 is 1.80 bits per heavy atom. The number of ether oxygens (including phenoxy) is 3. The Balaban J connectivity index is 1.36. The molecular formula is C34H28F5NO5. The average Bonchev–Trinajstić information content (AvgIpc) is 3.33. The third-order valence-corrected chi connectivity index (χ3v) is 7.08. The zero-order valence-corrected chi connectivity index (χ0v) is 24.4. The van der Waals surface area contributed by atoms with Gasteiger partial charge in [-0.1, -0.05) is 60.7 Å². The zero-order valence-electron chi connectivity index (χ0n) is 24.4. The second-order valence-corrected chi connectivity index (χ2v) is 11.4. The lowest BCUT2D eigenvalue weighted by Gasteiger charge is -2.22. The third kappa shape index (κ3) is 6.77. The molecular weight excluding hydrogens is 597 g/mol. The van der Waals surface area contributed by atoms with Gasteiger partial charge in [-0.2, -0.15) is 8.78 Å². The molecule has 1 aliphatic carbocycles. The highest BCUT2D eigenvalue weighted by Crippen LogP contribution is 2.44. The lowest BCUT2D eigenvalue weighted by Crippen LogP contribution is -2.45. The molecule has 0 unspecified atom stereocenters. The molecule has 0 fully saturated rings. The Hall–Kier alpha value is -4.93. The molecule has 1 amide bonds. The number of hydrogen-bond donors (Lipinski definition) is 1. The number of benzene rings is 4. The minimum Gasteiger partial charge on any atom is -0.488 e. The highest BCUT2D eigenvalue weighted by Gasteiger charge is 2.33. The number of esters is 1. The monoisotopic (exact) mass is 625 g/mol. The molecule has 0 radical (unpaired) electrons. The molecule has 0 aliphatic heterocycles. The smallest absolute Gasteiger partial charge is 0.407 e. The van der Waals surface area contributed by atoms with Crippen molar-refractivity contribution < 1.29 is 45.8 Å². The van der Waals surface area contributed by atoms with E-state index in [0.717, 1.165) is 22.3 Å². The van der Waals surface area contributed by atoms with Crippen LogP contribution in [0.2, 0.25) is 0 Å².